The molecule has 0 aliphatic carbocycles. The van der Waals surface area contributed by atoms with Crippen LogP contribution in [0, 0.1) is 10.1 Å². The van der Waals surface area contributed by atoms with E-state index < -0.39 is 4.92 Å². The van der Waals surface area contributed by atoms with Crippen LogP contribution in [0.2, 0.25) is 0 Å². The van der Waals surface area contributed by atoms with Gasteiger partial charge >= 0.3 is 5.69 Å². The van der Waals surface area contributed by atoms with Crippen molar-refractivity contribution in [1.29, 1.82) is 0 Å². The molecule has 0 saturated carbocycles. The third-order valence-corrected chi connectivity index (χ3v) is 2.77. The van der Waals surface area contributed by atoms with Gasteiger partial charge in [-0.15, -0.1) is 0 Å². The molecule has 0 saturated heterocycles. The molecule has 1 aromatic carbocycles. The Hall–Kier alpha value is -2.15. The zero-order valence-electron chi connectivity index (χ0n) is 11.0. The summed E-state index contributed by atoms with van der Waals surface area (Å²) in [7, 11) is 0. The Morgan fingerprint density at radius 1 is 1.47 bits per heavy atom. The molecule has 1 aromatic rings. The quantitative estimate of drug-likeness (QED) is 0.464. The number of nitro benzene ring substituents is 1. The first-order valence-corrected chi connectivity index (χ1v) is 6.10. The van der Waals surface area contributed by atoms with Gasteiger partial charge in [0.1, 0.15) is 11.3 Å². The highest BCUT2D eigenvalue weighted by molar-refractivity contribution is 6.00. The molecule has 7 heteroatoms. The summed E-state index contributed by atoms with van der Waals surface area (Å²) in [6, 6.07) is 4.47. The number of nitrogens with zero attached hydrogens (tertiary/aromatic N) is 2. The van der Waals surface area contributed by atoms with Crippen molar-refractivity contribution >= 4 is 17.3 Å². The Balaban J connectivity index is 3.25. The summed E-state index contributed by atoms with van der Waals surface area (Å²) in [5.41, 5.74) is 2.14. The highest BCUT2D eigenvalue weighted by Gasteiger charge is 2.26. The fourth-order valence-electron chi connectivity index (χ4n) is 1.87. The largest absolute Gasteiger partial charge is 0.339 e. The molecule has 0 aromatic heterocycles. The molecule has 3 N–H and O–H groups in total. The summed E-state index contributed by atoms with van der Waals surface area (Å²) in [5.74, 6) is 4.89. The minimum atomic E-state index is -0.595. The van der Waals surface area contributed by atoms with Crippen LogP contribution in [-0.4, -0.2) is 28.8 Å². The second-order valence-electron chi connectivity index (χ2n) is 3.99. The predicted octanol–water partition coefficient (Wildman–Crippen LogP) is 1.75. The number of carbonyl (C=O) groups excluding carboxylic acids is 1. The second-order valence-corrected chi connectivity index (χ2v) is 3.99. The molecule has 0 bridgehead atoms. The minimum absolute atomic E-state index is 0.0516. The van der Waals surface area contributed by atoms with E-state index >= 15 is 0 Å². The van der Waals surface area contributed by atoms with Crippen molar-refractivity contribution in [1.82, 2.24) is 4.90 Å². The summed E-state index contributed by atoms with van der Waals surface area (Å²) in [6.45, 7) is 4.85. The lowest BCUT2D eigenvalue weighted by Gasteiger charge is -2.20. The van der Waals surface area contributed by atoms with Crippen molar-refractivity contribution in [2.24, 2.45) is 5.84 Å². The van der Waals surface area contributed by atoms with Crippen LogP contribution in [0.1, 0.15) is 30.6 Å². The number of nitro groups is 1. The Kier molecular flexibility index (Phi) is 5.25. The molecule has 1 rings (SSSR count). The van der Waals surface area contributed by atoms with Gasteiger partial charge in [0, 0.05) is 13.1 Å². The van der Waals surface area contributed by atoms with Crippen LogP contribution in [-0.2, 0) is 0 Å². The van der Waals surface area contributed by atoms with Gasteiger partial charge < -0.3 is 10.3 Å². The van der Waals surface area contributed by atoms with Gasteiger partial charge in [-0.1, -0.05) is 13.0 Å². The standard InChI is InChI=1S/C12H18N4O3/c1-3-8-15(4-2)12(17)9-6-5-7-10(14-13)11(9)16(18)19/h5-7,14H,3-4,8,13H2,1-2H3. The molecule has 1 amide bonds. The summed E-state index contributed by atoms with van der Waals surface area (Å²) >= 11 is 0. The average Bonchev–Trinajstić information content (AvgIpc) is 2.42. The number of benzene rings is 1. The Morgan fingerprint density at radius 3 is 2.63 bits per heavy atom. The van der Waals surface area contributed by atoms with Crippen LogP contribution in [0.4, 0.5) is 11.4 Å². The van der Waals surface area contributed by atoms with Crippen LogP contribution in [0.5, 0.6) is 0 Å². The van der Waals surface area contributed by atoms with Crippen LogP contribution in [0.15, 0.2) is 18.2 Å². The maximum absolute atomic E-state index is 12.3. The minimum Gasteiger partial charge on any atom is -0.339 e. The number of nitrogens with one attached hydrogen (secondary N) is 1. The normalized spacial score (nSPS) is 10.1. The average molecular weight is 266 g/mol. The number of carbonyl (C=O) groups is 1. The Labute approximate surface area is 111 Å². The lowest BCUT2D eigenvalue weighted by atomic mass is 10.1. The predicted molar refractivity (Wildman–Crippen MR) is 72.8 cm³/mol. The monoisotopic (exact) mass is 266 g/mol. The van der Waals surface area contributed by atoms with E-state index in [1.54, 1.807) is 11.0 Å². The Bertz CT molecular complexity index is 476. The third kappa shape index (κ3) is 3.19. The molecular formula is C12H18N4O3. The molecule has 0 aliphatic heterocycles. The van der Waals surface area contributed by atoms with Gasteiger partial charge in [-0.05, 0) is 25.5 Å². The summed E-state index contributed by atoms with van der Waals surface area (Å²) < 4.78 is 0. The number of para-hydroxylation sites is 1. The van der Waals surface area contributed by atoms with Crippen LogP contribution in [0.3, 0.4) is 0 Å². The number of rotatable bonds is 6. The summed E-state index contributed by atoms with van der Waals surface area (Å²) in [6.07, 6.45) is 0.794. The first-order chi connectivity index (χ1) is 9.06. The molecule has 19 heavy (non-hydrogen) atoms. The van der Waals surface area contributed by atoms with Gasteiger partial charge in [-0.25, -0.2) is 0 Å². The van der Waals surface area contributed by atoms with E-state index in [1.165, 1.54) is 12.1 Å². The lowest BCUT2D eigenvalue weighted by Crippen LogP contribution is -2.32. The van der Waals surface area contributed by atoms with E-state index in [-0.39, 0.29) is 22.8 Å². The molecule has 0 radical (unpaired) electrons. The molecule has 104 valence electrons. The molecular weight excluding hydrogens is 248 g/mol. The summed E-state index contributed by atoms with van der Waals surface area (Å²) in [4.78, 5) is 24.4. The molecule has 0 atom stereocenters. The fourth-order valence-corrected chi connectivity index (χ4v) is 1.87. The van der Waals surface area contributed by atoms with Crippen molar-refractivity contribution in [2.75, 3.05) is 18.5 Å². The lowest BCUT2D eigenvalue weighted by molar-refractivity contribution is -0.384. The maximum atomic E-state index is 12.3. The zero-order chi connectivity index (χ0) is 14.4. The van der Waals surface area contributed by atoms with Gasteiger partial charge in [0.2, 0.25) is 0 Å². The smallest absolute Gasteiger partial charge is 0.306 e. The zero-order valence-corrected chi connectivity index (χ0v) is 11.0. The first-order valence-electron chi connectivity index (χ1n) is 6.10. The highest BCUT2D eigenvalue weighted by Crippen LogP contribution is 2.28. The fraction of sp³-hybridized carbons (Fsp3) is 0.417. The number of nitrogen functional groups attached to an aromatic ring is 1. The number of nitrogens with two attached hydrogens (primary N) is 1. The number of anilines is 1. The van der Waals surface area contributed by atoms with Gasteiger partial charge in [0.05, 0.1) is 4.92 Å². The van der Waals surface area contributed by atoms with Crippen LogP contribution < -0.4 is 11.3 Å². The SMILES string of the molecule is CCCN(CC)C(=O)c1cccc(NN)c1[N+](=O)[O-]. The van der Waals surface area contributed by atoms with Crippen molar-refractivity contribution in [3.63, 3.8) is 0 Å². The molecule has 7 nitrogen and oxygen atoms in total. The topological polar surface area (TPSA) is 102 Å². The summed E-state index contributed by atoms with van der Waals surface area (Å²) in [5, 5.41) is 11.1. The number of hydrazine groups is 1. The van der Waals surface area contributed by atoms with Crippen molar-refractivity contribution in [3.8, 4) is 0 Å². The van der Waals surface area contributed by atoms with Gasteiger partial charge in [0.15, 0.2) is 0 Å². The van der Waals surface area contributed by atoms with Gasteiger partial charge in [0.25, 0.3) is 5.91 Å². The van der Waals surface area contributed by atoms with Gasteiger partial charge in [-0.3, -0.25) is 20.8 Å². The first kappa shape index (κ1) is 14.9. The third-order valence-electron chi connectivity index (χ3n) is 2.77. The van der Waals surface area contributed by atoms with E-state index in [4.69, 9.17) is 5.84 Å². The van der Waals surface area contributed by atoms with Crippen LogP contribution in [0.25, 0.3) is 0 Å². The molecule has 0 unspecified atom stereocenters. The van der Waals surface area contributed by atoms with E-state index in [9.17, 15) is 14.9 Å². The number of hydrogen-bond donors (Lipinski definition) is 2. The van der Waals surface area contributed by atoms with E-state index in [1.807, 2.05) is 13.8 Å². The van der Waals surface area contributed by atoms with Crippen molar-refractivity contribution < 1.29 is 9.72 Å². The highest BCUT2D eigenvalue weighted by atomic mass is 16.6. The second kappa shape index (κ2) is 6.69. The molecule has 0 heterocycles. The van der Waals surface area contributed by atoms with Crippen molar-refractivity contribution in [2.45, 2.75) is 20.3 Å². The van der Waals surface area contributed by atoms with E-state index in [2.05, 4.69) is 5.43 Å². The Morgan fingerprint density at radius 2 is 2.16 bits per heavy atom. The van der Waals surface area contributed by atoms with Crippen molar-refractivity contribution in [3.05, 3.63) is 33.9 Å². The number of hydrogen-bond acceptors (Lipinski definition) is 5. The molecule has 0 fully saturated rings. The van der Waals surface area contributed by atoms with E-state index in [0.29, 0.717) is 13.1 Å². The number of amides is 1. The maximum Gasteiger partial charge on any atom is 0.306 e. The van der Waals surface area contributed by atoms with Gasteiger partial charge in [-0.2, -0.15) is 0 Å². The molecule has 0 aliphatic rings. The van der Waals surface area contributed by atoms with Crippen LogP contribution >= 0.6 is 0 Å². The molecule has 0 spiro atoms. The van der Waals surface area contributed by atoms with E-state index in [0.717, 1.165) is 6.42 Å².